The van der Waals surface area contributed by atoms with Crippen molar-refractivity contribution in [3.05, 3.63) is 72.3 Å². The first kappa shape index (κ1) is 23.5. The number of sulfonamides is 1. The predicted octanol–water partition coefficient (Wildman–Crippen LogP) is 3.31. The summed E-state index contributed by atoms with van der Waals surface area (Å²) >= 11 is 0. The van der Waals surface area contributed by atoms with E-state index in [1.807, 2.05) is 30.3 Å². The van der Waals surface area contributed by atoms with E-state index in [2.05, 4.69) is 30.2 Å². The highest BCUT2D eigenvalue weighted by Gasteiger charge is 2.34. The van der Waals surface area contributed by atoms with Crippen molar-refractivity contribution in [1.29, 1.82) is 0 Å². The highest BCUT2D eigenvalue weighted by molar-refractivity contribution is 7.89. The van der Waals surface area contributed by atoms with Crippen molar-refractivity contribution in [3.8, 4) is 5.75 Å². The molecule has 1 aliphatic heterocycles. The van der Waals surface area contributed by atoms with Gasteiger partial charge in [-0.1, -0.05) is 30.3 Å². The van der Waals surface area contributed by atoms with E-state index in [1.165, 1.54) is 18.4 Å². The molecule has 1 saturated heterocycles. The zero-order chi connectivity index (χ0) is 22.8. The maximum atomic E-state index is 12.5. The Bertz CT molecular complexity index is 1000. The van der Waals surface area contributed by atoms with Gasteiger partial charge in [0, 0.05) is 45.8 Å². The summed E-state index contributed by atoms with van der Waals surface area (Å²) in [6.07, 6.45) is 1.94. The lowest BCUT2D eigenvalue weighted by atomic mass is 9.93. The molecule has 1 fully saturated rings. The molecule has 2 aromatic rings. The van der Waals surface area contributed by atoms with Gasteiger partial charge in [-0.05, 0) is 49.2 Å². The first-order valence-corrected chi connectivity index (χ1v) is 12.0. The fourth-order valence-corrected chi connectivity index (χ4v) is 5.21. The number of hydrogen-bond acceptors (Lipinski definition) is 5. The van der Waals surface area contributed by atoms with Crippen LogP contribution in [-0.4, -0.2) is 73.4 Å². The highest BCUT2D eigenvalue weighted by atomic mass is 32.2. The van der Waals surface area contributed by atoms with Crippen molar-refractivity contribution in [2.75, 3.05) is 33.7 Å². The number of benzene rings is 2. The molecule has 0 saturated carbocycles. The molecule has 2 aromatic carbocycles. The lowest BCUT2D eigenvalue weighted by Gasteiger charge is -2.47. The van der Waals surface area contributed by atoms with Crippen LogP contribution >= 0.6 is 0 Å². The second-order valence-electron chi connectivity index (χ2n) is 8.49. The summed E-state index contributed by atoms with van der Waals surface area (Å²) in [6, 6.07) is 15.0. The SMILES string of the molecule is C=CCN1C[C@H](C)N([C@@H](c2ccc(S(=O)(=O)N(C)C)cc2)c2cccc(O)c2)C[C@H]1C. The average molecular weight is 444 g/mol. The molecule has 0 spiro atoms. The molecular weight excluding hydrogens is 410 g/mol. The molecule has 0 radical (unpaired) electrons. The van der Waals surface area contributed by atoms with E-state index in [0.29, 0.717) is 6.04 Å². The Hall–Kier alpha value is -2.19. The summed E-state index contributed by atoms with van der Waals surface area (Å²) in [5.41, 5.74) is 1.99. The lowest BCUT2D eigenvalue weighted by molar-refractivity contribution is 0.0306. The van der Waals surface area contributed by atoms with Gasteiger partial charge in [-0.3, -0.25) is 9.80 Å². The Morgan fingerprint density at radius 1 is 1.10 bits per heavy atom. The van der Waals surface area contributed by atoms with Gasteiger partial charge in [0.15, 0.2) is 0 Å². The van der Waals surface area contributed by atoms with Gasteiger partial charge in [0.25, 0.3) is 0 Å². The molecular formula is C24H33N3O3S. The van der Waals surface area contributed by atoms with E-state index in [1.54, 1.807) is 24.3 Å². The van der Waals surface area contributed by atoms with Crippen molar-refractivity contribution in [3.63, 3.8) is 0 Å². The van der Waals surface area contributed by atoms with Crippen molar-refractivity contribution >= 4 is 10.0 Å². The Labute approximate surface area is 186 Å². The van der Waals surface area contributed by atoms with Crippen molar-refractivity contribution in [2.45, 2.75) is 36.9 Å². The molecule has 1 aliphatic rings. The zero-order valence-corrected chi connectivity index (χ0v) is 19.6. The Morgan fingerprint density at radius 3 is 2.35 bits per heavy atom. The van der Waals surface area contributed by atoms with Crippen molar-refractivity contribution in [2.24, 2.45) is 0 Å². The fraction of sp³-hybridized carbons (Fsp3) is 0.417. The second kappa shape index (κ2) is 9.53. The lowest BCUT2D eigenvalue weighted by Crippen LogP contribution is -2.57. The minimum atomic E-state index is -3.49. The third kappa shape index (κ3) is 5.01. The smallest absolute Gasteiger partial charge is 0.242 e. The second-order valence-corrected chi connectivity index (χ2v) is 10.6. The van der Waals surface area contributed by atoms with Crippen LogP contribution in [0, 0.1) is 0 Å². The molecule has 0 aromatic heterocycles. The molecule has 0 unspecified atom stereocenters. The molecule has 6 nitrogen and oxygen atoms in total. The molecule has 0 aliphatic carbocycles. The highest BCUT2D eigenvalue weighted by Crippen LogP contribution is 2.35. The monoisotopic (exact) mass is 443 g/mol. The zero-order valence-electron chi connectivity index (χ0n) is 18.8. The predicted molar refractivity (Wildman–Crippen MR) is 125 cm³/mol. The molecule has 168 valence electrons. The molecule has 1 N–H and O–H groups in total. The number of hydrogen-bond donors (Lipinski definition) is 1. The fourth-order valence-electron chi connectivity index (χ4n) is 4.31. The maximum absolute atomic E-state index is 12.5. The normalized spacial score (nSPS) is 21.8. The molecule has 0 bridgehead atoms. The minimum absolute atomic E-state index is 0.0912. The van der Waals surface area contributed by atoms with Gasteiger partial charge in [0.1, 0.15) is 5.75 Å². The van der Waals surface area contributed by atoms with Crippen LogP contribution < -0.4 is 0 Å². The summed E-state index contributed by atoms with van der Waals surface area (Å²) in [6.45, 7) is 10.9. The van der Waals surface area contributed by atoms with Crippen LogP contribution in [0.5, 0.6) is 5.75 Å². The standard InChI is InChI=1S/C24H33N3O3S/c1-6-14-26-16-19(3)27(17-18(26)2)24(21-8-7-9-22(28)15-21)20-10-12-23(13-11-20)31(29,30)25(4)5/h6-13,15,18-19,24,28H,1,14,16-17H2,2-5H3/t18-,19+,24+/m1/s1. The molecule has 3 rings (SSSR count). The van der Waals surface area contributed by atoms with E-state index >= 15 is 0 Å². The largest absolute Gasteiger partial charge is 0.508 e. The van der Waals surface area contributed by atoms with Crippen molar-refractivity contribution in [1.82, 2.24) is 14.1 Å². The van der Waals surface area contributed by atoms with Crippen molar-refractivity contribution < 1.29 is 13.5 Å². The van der Waals surface area contributed by atoms with Crippen LogP contribution in [0.15, 0.2) is 66.1 Å². The molecule has 31 heavy (non-hydrogen) atoms. The van der Waals surface area contributed by atoms with Gasteiger partial charge in [0.2, 0.25) is 10.0 Å². The number of phenolic OH excluding ortho intramolecular Hbond substituents is 1. The van der Waals surface area contributed by atoms with E-state index in [4.69, 9.17) is 0 Å². The van der Waals surface area contributed by atoms with E-state index in [-0.39, 0.29) is 22.7 Å². The van der Waals surface area contributed by atoms with E-state index in [0.717, 1.165) is 30.8 Å². The van der Waals surface area contributed by atoms with Gasteiger partial charge >= 0.3 is 0 Å². The average Bonchev–Trinajstić information content (AvgIpc) is 2.72. The number of aromatic hydroxyl groups is 1. The topological polar surface area (TPSA) is 64.1 Å². The third-order valence-corrected chi connectivity index (χ3v) is 7.85. The first-order valence-electron chi connectivity index (χ1n) is 10.6. The summed E-state index contributed by atoms with van der Waals surface area (Å²) in [7, 11) is -0.420. The molecule has 7 heteroatoms. The number of rotatable bonds is 7. The number of piperazine rings is 1. The maximum Gasteiger partial charge on any atom is 0.242 e. The Morgan fingerprint density at radius 2 is 1.77 bits per heavy atom. The third-order valence-electron chi connectivity index (χ3n) is 6.02. The quantitative estimate of drug-likeness (QED) is 0.665. The van der Waals surface area contributed by atoms with Crippen LogP contribution in [0.3, 0.4) is 0 Å². The van der Waals surface area contributed by atoms with Crippen LogP contribution in [0.2, 0.25) is 0 Å². The first-order chi connectivity index (χ1) is 14.6. The van der Waals surface area contributed by atoms with Crippen LogP contribution in [0.25, 0.3) is 0 Å². The number of phenols is 1. The Kier molecular flexibility index (Phi) is 7.21. The minimum Gasteiger partial charge on any atom is -0.508 e. The van der Waals surface area contributed by atoms with E-state index < -0.39 is 10.0 Å². The summed E-state index contributed by atoms with van der Waals surface area (Å²) in [5, 5.41) is 10.1. The van der Waals surface area contributed by atoms with Gasteiger partial charge in [-0.15, -0.1) is 6.58 Å². The molecule has 3 atom stereocenters. The van der Waals surface area contributed by atoms with E-state index in [9.17, 15) is 13.5 Å². The van der Waals surface area contributed by atoms with Gasteiger partial charge in [-0.2, -0.15) is 0 Å². The number of nitrogens with zero attached hydrogens (tertiary/aromatic N) is 3. The summed E-state index contributed by atoms with van der Waals surface area (Å²) < 4.78 is 26.2. The van der Waals surface area contributed by atoms with Crippen LogP contribution in [0.4, 0.5) is 0 Å². The van der Waals surface area contributed by atoms with Crippen LogP contribution in [0.1, 0.15) is 31.0 Å². The molecule has 0 amide bonds. The van der Waals surface area contributed by atoms with Gasteiger partial charge < -0.3 is 5.11 Å². The summed E-state index contributed by atoms with van der Waals surface area (Å²) in [5.74, 6) is 0.223. The van der Waals surface area contributed by atoms with Crippen LogP contribution in [-0.2, 0) is 10.0 Å². The van der Waals surface area contributed by atoms with Gasteiger partial charge in [-0.25, -0.2) is 12.7 Å². The van der Waals surface area contributed by atoms with Gasteiger partial charge in [0.05, 0.1) is 10.9 Å². The molecule has 1 heterocycles. The summed E-state index contributed by atoms with van der Waals surface area (Å²) in [4.78, 5) is 5.13. The Balaban J connectivity index is 2.01.